The van der Waals surface area contributed by atoms with E-state index in [1.165, 1.54) is 12.1 Å². The Morgan fingerprint density at radius 1 is 1.29 bits per heavy atom. The van der Waals surface area contributed by atoms with Crippen LogP contribution >= 0.6 is 0 Å². The molecule has 1 aliphatic heterocycles. The maximum Gasteiger partial charge on any atom is 0.224 e. The maximum absolute atomic E-state index is 13.3. The second kappa shape index (κ2) is 8.68. The molecule has 1 heterocycles. The quantitative estimate of drug-likeness (QED) is 0.793. The van der Waals surface area contributed by atoms with E-state index in [4.69, 9.17) is 0 Å². The van der Waals surface area contributed by atoms with E-state index in [1.54, 1.807) is 4.90 Å². The van der Waals surface area contributed by atoms with Crippen molar-refractivity contribution in [2.24, 2.45) is 0 Å². The minimum absolute atomic E-state index is 0. The number of hydrogen-bond donors (Lipinski definition) is 0. The lowest BCUT2D eigenvalue weighted by atomic mass is 10.00. The Bertz CT molecular complexity index is 642. The number of halogens is 2. The van der Waals surface area contributed by atoms with Gasteiger partial charge in [-0.1, -0.05) is 13.5 Å². The van der Waals surface area contributed by atoms with Crippen LogP contribution in [-0.4, -0.2) is 55.2 Å². The smallest absolute Gasteiger partial charge is 0.224 e. The van der Waals surface area contributed by atoms with Gasteiger partial charge in [0, 0.05) is 38.0 Å². The summed E-state index contributed by atoms with van der Waals surface area (Å²) in [5.41, 5.74) is 0.857. The van der Waals surface area contributed by atoms with E-state index in [1.807, 2.05) is 19.0 Å². The van der Waals surface area contributed by atoms with Crippen molar-refractivity contribution >= 4 is 17.8 Å². The van der Waals surface area contributed by atoms with Crippen LogP contribution in [0.3, 0.4) is 0 Å². The highest BCUT2D eigenvalue weighted by Crippen LogP contribution is 2.18. The lowest BCUT2D eigenvalue weighted by molar-refractivity contribution is -0.132. The minimum Gasteiger partial charge on any atom is -0.338 e. The van der Waals surface area contributed by atoms with Gasteiger partial charge in [0.25, 0.3) is 0 Å². The van der Waals surface area contributed by atoms with Gasteiger partial charge in [-0.25, -0.2) is 8.78 Å². The highest BCUT2D eigenvalue weighted by molar-refractivity contribution is 6.01. The molecule has 0 aromatic heterocycles. The Hall–Kier alpha value is -2.08. The summed E-state index contributed by atoms with van der Waals surface area (Å²) in [4.78, 5) is 27.7. The number of benzene rings is 1. The van der Waals surface area contributed by atoms with Gasteiger partial charge in [0.1, 0.15) is 0 Å². The summed E-state index contributed by atoms with van der Waals surface area (Å²) in [5, 5.41) is 0. The lowest BCUT2D eigenvalue weighted by Crippen LogP contribution is -2.41. The number of Topliss-reactive ketones (excluding diaryl/α,β-unsaturated/α-hetero) is 1. The Kier molecular flexibility index (Phi) is 7.22. The number of nitrogens with zero attached hydrogens (tertiary/aromatic N) is 2. The van der Waals surface area contributed by atoms with E-state index in [2.05, 4.69) is 0 Å². The topological polar surface area (TPSA) is 40.6 Å². The van der Waals surface area contributed by atoms with Crippen LogP contribution in [0, 0.1) is 11.6 Å². The molecule has 6 heteroatoms. The zero-order chi connectivity index (χ0) is 17.0. The zero-order valence-corrected chi connectivity index (χ0v) is 13.3. The number of carbonyl (C=O) groups excluding carboxylic acids is 2. The van der Waals surface area contributed by atoms with Crippen molar-refractivity contribution in [3.05, 3.63) is 41.0 Å². The van der Waals surface area contributed by atoms with E-state index < -0.39 is 11.6 Å². The highest BCUT2D eigenvalue weighted by atomic mass is 19.2. The van der Waals surface area contributed by atoms with Crippen molar-refractivity contribution in [3.8, 4) is 0 Å². The summed E-state index contributed by atoms with van der Waals surface area (Å²) >= 11 is 0. The average Bonchev–Trinajstić information content (AvgIpc) is 2.50. The van der Waals surface area contributed by atoms with Gasteiger partial charge >= 0.3 is 0 Å². The van der Waals surface area contributed by atoms with Gasteiger partial charge in [0.15, 0.2) is 17.4 Å². The van der Waals surface area contributed by atoms with Crippen LogP contribution in [0.2, 0.25) is 0 Å². The third kappa shape index (κ3) is 5.23. The third-order valence-electron chi connectivity index (χ3n) is 3.74. The molecule has 1 amide bonds. The molecular formula is C18H24F2N2O2. The molecule has 0 unspecified atom stereocenters. The Balaban J connectivity index is 0.00000288. The van der Waals surface area contributed by atoms with Crippen molar-refractivity contribution in [3.63, 3.8) is 0 Å². The predicted molar refractivity (Wildman–Crippen MR) is 90.4 cm³/mol. The molecule has 4 nitrogen and oxygen atoms in total. The van der Waals surface area contributed by atoms with Gasteiger partial charge in [0.2, 0.25) is 5.91 Å². The lowest BCUT2D eigenvalue weighted by Gasteiger charge is -2.28. The van der Waals surface area contributed by atoms with Gasteiger partial charge in [-0.05, 0) is 37.9 Å². The first-order chi connectivity index (χ1) is 10.9. The summed E-state index contributed by atoms with van der Waals surface area (Å²) in [6, 6.07) is 3.48. The van der Waals surface area contributed by atoms with Crippen LogP contribution in [0.4, 0.5) is 8.78 Å². The van der Waals surface area contributed by atoms with Gasteiger partial charge in [-0.2, -0.15) is 0 Å². The van der Waals surface area contributed by atoms with Crippen LogP contribution < -0.4 is 0 Å². The molecule has 1 fully saturated rings. The number of ketones is 1. The van der Waals surface area contributed by atoms with Crippen molar-refractivity contribution in [1.82, 2.24) is 9.80 Å². The molecule has 132 valence electrons. The predicted octanol–water partition coefficient (Wildman–Crippen LogP) is 2.74. The Morgan fingerprint density at radius 2 is 2.00 bits per heavy atom. The van der Waals surface area contributed by atoms with Gasteiger partial charge in [-0.3, -0.25) is 9.59 Å². The maximum atomic E-state index is 13.3. The largest absolute Gasteiger partial charge is 0.338 e. The van der Waals surface area contributed by atoms with E-state index in [0.717, 1.165) is 12.1 Å². The molecule has 0 radical (unpaired) electrons. The fourth-order valence-corrected chi connectivity index (χ4v) is 2.39. The van der Waals surface area contributed by atoms with Gasteiger partial charge in [-0.15, -0.1) is 0 Å². The fraction of sp³-hybridized carbons (Fsp3) is 0.444. The molecule has 0 aliphatic carbocycles. The molecule has 0 bridgehead atoms. The van der Waals surface area contributed by atoms with E-state index in [9.17, 15) is 18.4 Å². The number of amides is 1. The standard InChI is InChI=1S/C17H20F2N2O2.CH4/c1-20(2)7-6-17(23)21-8-5-16(22)13(11-21)9-12-3-4-14(18)15(19)10-12;/h3-4,9-10H,5-8,11H2,1-2H3;1H4/b13-9+;. The summed E-state index contributed by atoms with van der Waals surface area (Å²) in [6.07, 6.45) is 2.17. The summed E-state index contributed by atoms with van der Waals surface area (Å²) in [5.74, 6) is -1.96. The summed E-state index contributed by atoms with van der Waals surface area (Å²) in [6.45, 7) is 1.26. The molecule has 0 N–H and O–H groups in total. The number of carbonyl (C=O) groups is 2. The van der Waals surface area contributed by atoms with Crippen molar-refractivity contribution in [2.75, 3.05) is 33.7 Å². The Labute approximate surface area is 141 Å². The summed E-state index contributed by atoms with van der Waals surface area (Å²) < 4.78 is 26.2. The van der Waals surface area contributed by atoms with E-state index in [0.29, 0.717) is 30.6 Å². The van der Waals surface area contributed by atoms with Crippen LogP contribution in [0.1, 0.15) is 25.8 Å². The number of rotatable bonds is 4. The van der Waals surface area contributed by atoms with Crippen LogP contribution in [0.25, 0.3) is 6.08 Å². The molecule has 24 heavy (non-hydrogen) atoms. The number of likely N-dealkylation sites (tertiary alicyclic amines) is 1. The molecule has 2 rings (SSSR count). The second-order valence-electron chi connectivity index (χ2n) is 5.88. The fourth-order valence-electron chi connectivity index (χ4n) is 2.39. The first kappa shape index (κ1) is 20.0. The first-order valence-corrected chi connectivity index (χ1v) is 7.48. The number of hydrogen-bond acceptors (Lipinski definition) is 3. The molecule has 1 aromatic rings. The van der Waals surface area contributed by atoms with Crippen LogP contribution in [0.15, 0.2) is 23.8 Å². The molecule has 0 saturated carbocycles. The zero-order valence-electron chi connectivity index (χ0n) is 13.3. The molecule has 1 aromatic carbocycles. The average molecular weight is 338 g/mol. The SMILES string of the molecule is C.CN(C)CCC(=O)N1CCC(=O)/C(=C/c2ccc(F)c(F)c2)C1. The third-order valence-corrected chi connectivity index (χ3v) is 3.74. The minimum atomic E-state index is -0.957. The molecule has 1 aliphatic rings. The highest BCUT2D eigenvalue weighted by Gasteiger charge is 2.24. The normalized spacial score (nSPS) is 16.5. The van der Waals surface area contributed by atoms with Gasteiger partial charge < -0.3 is 9.80 Å². The van der Waals surface area contributed by atoms with E-state index in [-0.39, 0.29) is 32.1 Å². The molecule has 0 atom stereocenters. The summed E-state index contributed by atoms with van der Waals surface area (Å²) in [7, 11) is 3.78. The van der Waals surface area contributed by atoms with Crippen molar-refractivity contribution < 1.29 is 18.4 Å². The van der Waals surface area contributed by atoms with Crippen molar-refractivity contribution in [1.29, 1.82) is 0 Å². The van der Waals surface area contributed by atoms with E-state index >= 15 is 0 Å². The first-order valence-electron chi connectivity index (χ1n) is 7.48. The van der Waals surface area contributed by atoms with Crippen LogP contribution in [-0.2, 0) is 9.59 Å². The number of piperidine rings is 1. The molecular weight excluding hydrogens is 314 g/mol. The van der Waals surface area contributed by atoms with Crippen molar-refractivity contribution in [2.45, 2.75) is 20.3 Å². The Morgan fingerprint density at radius 3 is 2.62 bits per heavy atom. The van der Waals surface area contributed by atoms with Gasteiger partial charge in [0.05, 0.1) is 0 Å². The molecule has 1 saturated heterocycles. The second-order valence-corrected chi connectivity index (χ2v) is 5.88. The monoisotopic (exact) mass is 338 g/mol. The van der Waals surface area contributed by atoms with Crippen LogP contribution in [0.5, 0.6) is 0 Å². The molecule has 0 spiro atoms.